The Labute approximate surface area is 150 Å². The van der Waals surface area contributed by atoms with Gasteiger partial charge in [0.15, 0.2) is 0 Å². The van der Waals surface area contributed by atoms with Gasteiger partial charge in [-0.1, -0.05) is 0 Å². The lowest BCUT2D eigenvalue weighted by Crippen LogP contribution is -2.30. The van der Waals surface area contributed by atoms with Crippen molar-refractivity contribution < 1.29 is 42.1 Å². The Bertz CT molecular complexity index is 876. The number of halogens is 3. The number of benzene rings is 1. The fourth-order valence-electron chi connectivity index (χ4n) is 1.98. The van der Waals surface area contributed by atoms with Crippen LogP contribution in [0.4, 0.5) is 13.2 Å². The molecule has 0 saturated heterocycles. The van der Waals surface area contributed by atoms with Crippen LogP contribution in [0, 0.1) is 0 Å². The second-order valence-corrected chi connectivity index (χ2v) is 5.24. The molecule has 27 heavy (non-hydrogen) atoms. The predicted molar refractivity (Wildman–Crippen MR) is 86.7 cm³/mol. The molecule has 0 aliphatic rings. The van der Waals surface area contributed by atoms with E-state index in [1.54, 1.807) is 18.2 Å². The highest BCUT2D eigenvalue weighted by atomic mass is 19.4. The van der Waals surface area contributed by atoms with Crippen LogP contribution in [-0.4, -0.2) is 41.5 Å². The Morgan fingerprint density at radius 3 is 2.33 bits per heavy atom. The summed E-state index contributed by atoms with van der Waals surface area (Å²) >= 11 is 0. The molecule has 11 heteroatoms. The molecule has 0 bridgehead atoms. The van der Waals surface area contributed by atoms with Crippen LogP contribution in [0.2, 0.25) is 0 Å². The van der Waals surface area contributed by atoms with Gasteiger partial charge in [0.25, 0.3) is 0 Å². The van der Waals surface area contributed by atoms with Gasteiger partial charge in [0.05, 0.1) is 7.11 Å². The first kappa shape index (κ1) is 22.0. The van der Waals surface area contributed by atoms with Crippen molar-refractivity contribution in [2.45, 2.75) is 25.1 Å². The van der Waals surface area contributed by atoms with Gasteiger partial charge in [0.1, 0.15) is 17.4 Å². The molecule has 1 unspecified atom stereocenters. The number of carboxylic acid groups (broad SMARTS) is 2. The molecular formula is C16H16F3NO7. The second-order valence-electron chi connectivity index (χ2n) is 5.24. The number of carbonyl (C=O) groups is 2. The number of alkyl halides is 3. The van der Waals surface area contributed by atoms with E-state index >= 15 is 0 Å². The topological polar surface area (TPSA) is 140 Å². The van der Waals surface area contributed by atoms with Gasteiger partial charge in [-0.3, -0.25) is 4.79 Å². The largest absolute Gasteiger partial charge is 0.497 e. The molecule has 8 nitrogen and oxygen atoms in total. The van der Waals surface area contributed by atoms with E-state index < -0.39 is 29.8 Å². The lowest BCUT2D eigenvalue weighted by atomic mass is 10.0. The molecule has 148 valence electrons. The van der Waals surface area contributed by atoms with E-state index in [4.69, 9.17) is 29.9 Å². The molecule has 0 radical (unpaired) electrons. The van der Waals surface area contributed by atoms with Crippen molar-refractivity contribution in [3.8, 4) is 5.75 Å². The average Bonchev–Trinajstić information content (AvgIpc) is 2.58. The summed E-state index contributed by atoms with van der Waals surface area (Å²) in [6.07, 6.45) is -4.44. The van der Waals surface area contributed by atoms with Gasteiger partial charge in [-0.05, 0) is 30.5 Å². The van der Waals surface area contributed by atoms with Gasteiger partial charge in [-0.2, -0.15) is 13.2 Å². The first-order valence-electron chi connectivity index (χ1n) is 7.35. The third-order valence-corrected chi connectivity index (χ3v) is 3.32. The molecule has 1 heterocycles. The Balaban J connectivity index is 0.000000445. The Morgan fingerprint density at radius 2 is 1.85 bits per heavy atom. The molecule has 0 amide bonds. The van der Waals surface area contributed by atoms with Crippen molar-refractivity contribution >= 4 is 22.9 Å². The Morgan fingerprint density at radius 1 is 1.26 bits per heavy atom. The van der Waals surface area contributed by atoms with Crippen LogP contribution >= 0.6 is 0 Å². The number of nitrogens with two attached hydrogens (primary N) is 1. The number of aliphatic carboxylic acids is 2. The zero-order valence-corrected chi connectivity index (χ0v) is 13.9. The van der Waals surface area contributed by atoms with E-state index in [2.05, 4.69) is 0 Å². The molecule has 2 aromatic rings. The zero-order chi connectivity index (χ0) is 20.8. The van der Waals surface area contributed by atoms with Crippen LogP contribution < -0.4 is 16.1 Å². The average molecular weight is 391 g/mol. The SMILES string of the molecule is COc1ccc2c(CCC(N)C(=O)O)cc(=O)oc2c1.O=C(O)C(F)(F)F. The molecule has 0 aliphatic heterocycles. The lowest BCUT2D eigenvalue weighted by Gasteiger charge is -2.09. The summed E-state index contributed by atoms with van der Waals surface area (Å²) in [6, 6.07) is 5.57. The molecule has 1 aromatic heterocycles. The number of hydrogen-bond donors (Lipinski definition) is 3. The maximum absolute atomic E-state index is 11.5. The normalized spacial score (nSPS) is 12.0. The van der Waals surface area contributed by atoms with Crippen molar-refractivity contribution in [1.82, 2.24) is 0 Å². The third kappa shape index (κ3) is 6.62. The molecule has 0 aliphatic carbocycles. The van der Waals surface area contributed by atoms with Gasteiger partial charge in [-0.15, -0.1) is 0 Å². The van der Waals surface area contributed by atoms with E-state index in [-0.39, 0.29) is 6.42 Å². The van der Waals surface area contributed by atoms with Crippen molar-refractivity contribution in [3.63, 3.8) is 0 Å². The minimum Gasteiger partial charge on any atom is -0.497 e. The Kier molecular flexibility index (Phi) is 7.35. The number of hydrogen-bond acceptors (Lipinski definition) is 6. The van der Waals surface area contributed by atoms with Crippen LogP contribution in [0.1, 0.15) is 12.0 Å². The van der Waals surface area contributed by atoms with E-state index in [0.717, 1.165) is 10.9 Å². The van der Waals surface area contributed by atoms with E-state index in [9.17, 15) is 22.8 Å². The van der Waals surface area contributed by atoms with E-state index in [0.29, 0.717) is 17.8 Å². The smallest absolute Gasteiger partial charge is 0.490 e. The maximum Gasteiger partial charge on any atom is 0.490 e. The summed E-state index contributed by atoms with van der Waals surface area (Å²) in [6.45, 7) is 0. The van der Waals surface area contributed by atoms with Crippen molar-refractivity contribution in [2.75, 3.05) is 7.11 Å². The molecule has 1 aromatic carbocycles. The first-order chi connectivity index (χ1) is 12.5. The minimum absolute atomic E-state index is 0.250. The fraction of sp³-hybridized carbons (Fsp3) is 0.312. The van der Waals surface area contributed by atoms with Crippen molar-refractivity contribution in [3.05, 3.63) is 40.2 Å². The number of fused-ring (bicyclic) bond motifs is 1. The van der Waals surface area contributed by atoms with Crippen LogP contribution in [0.15, 0.2) is 33.5 Å². The van der Waals surface area contributed by atoms with Crippen LogP contribution in [0.25, 0.3) is 11.0 Å². The molecule has 0 fully saturated rings. The number of rotatable bonds is 5. The summed E-state index contributed by atoms with van der Waals surface area (Å²) in [5.41, 5.74) is 6.12. The summed E-state index contributed by atoms with van der Waals surface area (Å²) in [4.78, 5) is 31.1. The second kappa shape index (κ2) is 9.03. The maximum atomic E-state index is 11.5. The van der Waals surface area contributed by atoms with Gasteiger partial charge < -0.3 is 25.1 Å². The number of carboxylic acids is 2. The molecule has 0 spiro atoms. The molecule has 2 rings (SSSR count). The number of ether oxygens (including phenoxy) is 1. The summed E-state index contributed by atoms with van der Waals surface area (Å²) in [7, 11) is 1.52. The van der Waals surface area contributed by atoms with Gasteiger partial charge in [0.2, 0.25) is 0 Å². The molecular weight excluding hydrogens is 375 g/mol. The van der Waals surface area contributed by atoms with Crippen molar-refractivity contribution in [1.29, 1.82) is 0 Å². The van der Waals surface area contributed by atoms with Crippen LogP contribution in [-0.2, 0) is 16.0 Å². The van der Waals surface area contributed by atoms with Crippen molar-refractivity contribution in [2.24, 2.45) is 5.73 Å². The van der Waals surface area contributed by atoms with Gasteiger partial charge >= 0.3 is 23.7 Å². The fourth-order valence-corrected chi connectivity index (χ4v) is 1.98. The van der Waals surface area contributed by atoms with Gasteiger partial charge in [-0.25, -0.2) is 9.59 Å². The number of aryl methyl sites for hydroxylation is 1. The highest BCUT2D eigenvalue weighted by molar-refractivity contribution is 5.81. The monoisotopic (exact) mass is 391 g/mol. The summed E-state index contributed by atoms with van der Waals surface area (Å²) < 4.78 is 41.9. The molecule has 1 atom stereocenters. The highest BCUT2D eigenvalue weighted by Gasteiger charge is 2.38. The molecule has 4 N–H and O–H groups in total. The van der Waals surface area contributed by atoms with Crippen LogP contribution in [0.5, 0.6) is 5.75 Å². The van der Waals surface area contributed by atoms with E-state index in [1.807, 2.05) is 0 Å². The minimum atomic E-state index is -5.08. The highest BCUT2D eigenvalue weighted by Crippen LogP contribution is 2.23. The zero-order valence-electron chi connectivity index (χ0n) is 13.9. The van der Waals surface area contributed by atoms with Crippen LogP contribution in [0.3, 0.4) is 0 Å². The lowest BCUT2D eigenvalue weighted by molar-refractivity contribution is -0.192. The summed E-state index contributed by atoms with van der Waals surface area (Å²) in [5, 5.41) is 16.7. The standard InChI is InChI=1S/C14H15NO5.C2HF3O2/c1-19-9-3-4-10-8(2-5-11(15)14(17)18)6-13(16)20-12(10)7-9;3-2(4,5)1(6)7/h3-4,6-7,11H,2,5,15H2,1H3,(H,17,18);(H,6,7). The summed E-state index contributed by atoms with van der Waals surface area (Å²) in [5.74, 6) is -3.23. The number of methoxy groups -OCH3 is 1. The first-order valence-corrected chi connectivity index (χ1v) is 7.35. The molecule has 0 saturated carbocycles. The predicted octanol–water partition coefficient (Wildman–Crippen LogP) is 1.78. The van der Waals surface area contributed by atoms with Gasteiger partial charge in [0, 0.05) is 17.5 Å². The van der Waals surface area contributed by atoms with E-state index in [1.165, 1.54) is 13.2 Å². The third-order valence-electron chi connectivity index (χ3n) is 3.32. The Hall–Kier alpha value is -3.08. The quantitative estimate of drug-likeness (QED) is 0.655.